The number of aryl methyl sites for hydroxylation is 1. The molecule has 0 saturated carbocycles. The van der Waals surface area contributed by atoms with Crippen molar-refractivity contribution in [1.29, 1.82) is 0 Å². The largest absolute Gasteiger partial charge is 0.378 e. The molecule has 0 saturated heterocycles. The second-order valence-electron chi connectivity index (χ2n) is 9.65. The molecule has 0 fully saturated rings. The van der Waals surface area contributed by atoms with Crippen LogP contribution >= 0.6 is 23.4 Å². The summed E-state index contributed by atoms with van der Waals surface area (Å²) in [7, 11) is 3.89. The number of hydrogen-bond donors (Lipinski definition) is 3. The predicted molar refractivity (Wildman–Crippen MR) is 173 cm³/mol. The summed E-state index contributed by atoms with van der Waals surface area (Å²) in [6.45, 7) is 1.90. The number of anilines is 3. The highest BCUT2D eigenvalue weighted by molar-refractivity contribution is 8.00. The van der Waals surface area contributed by atoms with Gasteiger partial charge in [0.1, 0.15) is 5.70 Å². The normalized spacial score (nSPS) is 11.0. The quantitative estimate of drug-likeness (QED) is 0.137. The number of rotatable bonds is 10. The van der Waals surface area contributed by atoms with E-state index in [0.717, 1.165) is 21.7 Å². The number of nitrogens with one attached hydrogen (secondary N) is 3. The van der Waals surface area contributed by atoms with Gasteiger partial charge >= 0.3 is 0 Å². The first-order valence-electron chi connectivity index (χ1n) is 13.1. The molecule has 4 aromatic carbocycles. The van der Waals surface area contributed by atoms with Crippen LogP contribution in [0.5, 0.6) is 0 Å². The van der Waals surface area contributed by atoms with E-state index in [2.05, 4.69) is 16.0 Å². The Labute approximate surface area is 255 Å². The number of amides is 3. The fourth-order valence-electron chi connectivity index (χ4n) is 3.86. The molecule has 0 unspecified atom stereocenters. The number of carbonyl (C=O) groups excluding carboxylic acids is 3. The van der Waals surface area contributed by atoms with Gasteiger partial charge in [0.05, 0.1) is 5.75 Å². The van der Waals surface area contributed by atoms with E-state index in [9.17, 15) is 14.4 Å². The molecule has 3 N–H and O–H groups in total. The minimum Gasteiger partial charge on any atom is -0.378 e. The lowest BCUT2D eigenvalue weighted by Gasteiger charge is -2.14. The van der Waals surface area contributed by atoms with Crippen molar-refractivity contribution in [1.82, 2.24) is 5.32 Å². The van der Waals surface area contributed by atoms with Crippen molar-refractivity contribution < 1.29 is 14.4 Å². The molecular weight excluding hydrogens is 568 g/mol. The van der Waals surface area contributed by atoms with E-state index in [4.69, 9.17) is 11.6 Å². The summed E-state index contributed by atoms with van der Waals surface area (Å²) in [5, 5.41) is 9.05. The molecule has 0 spiro atoms. The molecule has 0 aromatic heterocycles. The Balaban J connectivity index is 1.46. The van der Waals surface area contributed by atoms with Gasteiger partial charge in [-0.2, -0.15) is 0 Å². The van der Waals surface area contributed by atoms with Gasteiger partial charge < -0.3 is 20.9 Å². The van der Waals surface area contributed by atoms with Gasteiger partial charge in [-0.1, -0.05) is 54.1 Å². The van der Waals surface area contributed by atoms with Crippen molar-refractivity contribution in [3.8, 4) is 0 Å². The first kappa shape index (κ1) is 30.4. The number of hydrogen-bond acceptors (Lipinski definition) is 5. The molecule has 4 aromatic rings. The van der Waals surface area contributed by atoms with Crippen LogP contribution < -0.4 is 20.9 Å². The van der Waals surface area contributed by atoms with E-state index in [0.29, 0.717) is 22.0 Å². The first-order valence-corrected chi connectivity index (χ1v) is 14.5. The fourth-order valence-corrected chi connectivity index (χ4v) is 4.79. The topological polar surface area (TPSA) is 90.5 Å². The van der Waals surface area contributed by atoms with Gasteiger partial charge in [0.25, 0.3) is 11.8 Å². The maximum Gasteiger partial charge on any atom is 0.272 e. The third-order valence-electron chi connectivity index (χ3n) is 6.17. The Morgan fingerprint density at radius 3 is 2.24 bits per heavy atom. The second kappa shape index (κ2) is 14.4. The van der Waals surface area contributed by atoms with Crippen LogP contribution in [0.15, 0.2) is 108 Å². The van der Waals surface area contributed by atoms with Gasteiger partial charge in [-0.15, -0.1) is 11.8 Å². The highest BCUT2D eigenvalue weighted by atomic mass is 35.5. The Bertz CT molecular complexity index is 1610. The lowest BCUT2D eigenvalue weighted by atomic mass is 10.1. The number of benzene rings is 4. The molecule has 0 aliphatic carbocycles. The van der Waals surface area contributed by atoms with E-state index < -0.39 is 11.8 Å². The van der Waals surface area contributed by atoms with Gasteiger partial charge in [0.15, 0.2) is 0 Å². The smallest absolute Gasteiger partial charge is 0.272 e. The SMILES string of the molecule is Cc1ccc(NC(=O)CSc2cccc(NC(=O)/C(=C\c3ccc(N(C)C)cc3)NC(=O)c3ccccc3)c2)cc1Cl. The third kappa shape index (κ3) is 8.73. The predicted octanol–water partition coefficient (Wildman–Crippen LogP) is 6.85. The van der Waals surface area contributed by atoms with Gasteiger partial charge in [0, 0.05) is 46.6 Å². The Kier molecular flexibility index (Phi) is 10.4. The van der Waals surface area contributed by atoms with Crippen LogP contribution in [0.1, 0.15) is 21.5 Å². The number of halogens is 1. The molecule has 3 amide bonds. The molecule has 0 aliphatic heterocycles. The zero-order chi connectivity index (χ0) is 30.1. The molecular formula is C33H31ClN4O3S. The summed E-state index contributed by atoms with van der Waals surface area (Å²) in [5.41, 5.74) is 4.38. The van der Waals surface area contributed by atoms with Crippen LogP contribution in [-0.2, 0) is 9.59 Å². The fraction of sp³-hybridized carbons (Fsp3) is 0.121. The summed E-state index contributed by atoms with van der Waals surface area (Å²) < 4.78 is 0. The van der Waals surface area contributed by atoms with Crippen molar-refractivity contribution in [3.05, 3.63) is 124 Å². The zero-order valence-corrected chi connectivity index (χ0v) is 25.1. The molecule has 0 aliphatic rings. The highest BCUT2D eigenvalue weighted by Crippen LogP contribution is 2.24. The molecule has 0 heterocycles. The number of nitrogens with zero attached hydrogens (tertiary/aromatic N) is 1. The zero-order valence-electron chi connectivity index (χ0n) is 23.5. The molecule has 0 radical (unpaired) electrons. The maximum atomic E-state index is 13.4. The van der Waals surface area contributed by atoms with E-state index in [1.165, 1.54) is 11.8 Å². The minimum absolute atomic E-state index is 0.0932. The molecule has 9 heteroatoms. The number of thioether (sulfide) groups is 1. The lowest BCUT2D eigenvalue weighted by Crippen LogP contribution is -2.30. The molecule has 214 valence electrons. The molecule has 0 bridgehead atoms. The molecule has 42 heavy (non-hydrogen) atoms. The average molecular weight is 599 g/mol. The molecule has 4 rings (SSSR count). The van der Waals surface area contributed by atoms with E-state index in [1.54, 1.807) is 60.7 Å². The average Bonchev–Trinajstić information content (AvgIpc) is 2.98. The van der Waals surface area contributed by atoms with Crippen LogP contribution in [0.2, 0.25) is 5.02 Å². The van der Waals surface area contributed by atoms with Crippen molar-refractivity contribution in [2.45, 2.75) is 11.8 Å². The van der Waals surface area contributed by atoms with Gasteiger partial charge in [-0.05, 0) is 78.7 Å². The Hall–Kier alpha value is -4.53. The van der Waals surface area contributed by atoms with Crippen LogP contribution in [0.4, 0.5) is 17.1 Å². The molecule has 7 nitrogen and oxygen atoms in total. The monoisotopic (exact) mass is 598 g/mol. The summed E-state index contributed by atoms with van der Waals surface area (Å²) in [5.74, 6) is -0.882. The van der Waals surface area contributed by atoms with Gasteiger partial charge in [0.2, 0.25) is 5.91 Å². The summed E-state index contributed by atoms with van der Waals surface area (Å²) in [6.07, 6.45) is 1.63. The molecule has 0 atom stereocenters. The first-order chi connectivity index (χ1) is 20.2. The van der Waals surface area contributed by atoms with Crippen LogP contribution in [0.3, 0.4) is 0 Å². The van der Waals surface area contributed by atoms with Crippen molar-refractivity contribution in [2.24, 2.45) is 0 Å². The van der Waals surface area contributed by atoms with Crippen molar-refractivity contribution in [2.75, 3.05) is 35.4 Å². The Morgan fingerprint density at radius 2 is 1.55 bits per heavy atom. The minimum atomic E-state index is -0.480. The third-order valence-corrected chi connectivity index (χ3v) is 7.57. The van der Waals surface area contributed by atoms with Crippen molar-refractivity contribution >= 4 is 64.2 Å². The summed E-state index contributed by atoms with van der Waals surface area (Å²) >= 11 is 7.49. The number of carbonyl (C=O) groups is 3. The van der Waals surface area contributed by atoms with Gasteiger partial charge in [-0.25, -0.2) is 0 Å². The van der Waals surface area contributed by atoms with E-state index in [1.807, 2.05) is 68.4 Å². The van der Waals surface area contributed by atoms with Gasteiger partial charge in [-0.3, -0.25) is 14.4 Å². The maximum absolute atomic E-state index is 13.4. The summed E-state index contributed by atoms with van der Waals surface area (Å²) in [4.78, 5) is 41.6. The van der Waals surface area contributed by atoms with Crippen LogP contribution in [0, 0.1) is 6.92 Å². The van der Waals surface area contributed by atoms with E-state index in [-0.39, 0.29) is 17.4 Å². The van der Waals surface area contributed by atoms with Crippen LogP contribution in [0.25, 0.3) is 6.08 Å². The highest BCUT2D eigenvalue weighted by Gasteiger charge is 2.16. The second-order valence-corrected chi connectivity index (χ2v) is 11.1. The summed E-state index contributed by atoms with van der Waals surface area (Å²) in [6, 6.07) is 28.9. The standard InChI is InChI=1S/C33H31ClN4O3S/c1-22-12-15-26(20-29(22)34)35-31(39)21-42-28-11-7-10-25(19-28)36-33(41)30(37-32(40)24-8-5-4-6-9-24)18-23-13-16-27(17-14-23)38(2)3/h4-20H,21H2,1-3H3,(H,35,39)(H,36,41)(H,37,40)/b30-18+. The lowest BCUT2D eigenvalue weighted by molar-refractivity contribution is -0.114. The Morgan fingerprint density at radius 1 is 0.833 bits per heavy atom. The van der Waals surface area contributed by atoms with Crippen LogP contribution in [-0.4, -0.2) is 37.6 Å². The van der Waals surface area contributed by atoms with E-state index >= 15 is 0 Å². The van der Waals surface area contributed by atoms with Crippen molar-refractivity contribution in [3.63, 3.8) is 0 Å².